The van der Waals surface area contributed by atoms with Crippen LogP contribution in [-0.2, 0) is 11.3 Å². The maximum absolute atomic E-state index is 12.1. The van der Waals surface area contributed by atoms with E-state index >= 15 is 0 Å². The lowest BCUT2D eigenvalue weighted by atomic mass is 9.89. The second-order valence-corrected chi connectivity index (χ2v) is 6.98. The number of carbonyl (C=O) groups excluding carboxylic acids is 1. The van der Waals surface area contributed by atoms with Crippen molar-refractivity contribution in [3.8, 4) is 0 Å². The molecule has 3 rings (SSSR count). The Balaban J connectivity index is 1.59. The molecule has 0 bridgehead atoms. The number of carbonyl (C=O) groups is 1. The van der Waals surface area contributed by atoms with Gasteiger partial charge in [-0.1, -0.05) is 36.2 Å². The number of piperidine rings is 1. The molecule has 2 aliphatic rings. The highest BCUT2D eigenvalue weighted by Gasteiger charge is 2.31. The van der Waals surface area contributed by atoms with E-state index in [1.165, 1.54) is 30.4 Å². The molecule has 3 heteroatoms. The number of rotatable bonds is 4. The molecule has 0 aromatic heterocycles. The highest BCUT2D eigenvalue weighted by Crippen LogP contribution is 2.29. The van der Waals surface area contributed by atoms with E-state index in [2.05, 4.69) is 41.0 Å². The number of amides is 1. The fourth-order valence-electron chi connectivity index (χ4n) is 3.70. The van der Waals surface area contributed by atoms with Crippen LogP contribution in [0.2, 0.25) is 0 Å². The van der Waals surface area contributed by atoms with Crippen LogP contribution in [-0.4, -0.2) is 40.9 Å². The molecule has 1 aromatic carbocycles. The molecule has 22 heavy (non-hydrogen) atoms. The Hall–Kier alpha value is -1.35. The van der Waals surface area contributed by atoms with Gasteiger partial charge in [0, 0.05) is 38.6 Å². The second-order valence-electron chi connectivity index (χ2n) is 6.98. The van der Waals surface area contributed by atoms with E-state index in [1.807, 2.05) is 0 Å². The number of likely N-dealkylation sites (tertiary alicyclic amines) is 1. The van der Waals surface area contributed by atoms with Crippen LogP contribution < -0.4 is 0 Å². The first kappa shape index (κ1) is 15.5. The Morgan fingerprint density at radius 1 is 1.14 bits per heavy atom. The molecule has 0 atom stereocenters. The summed E-state index contributed by atoms with van der Waals surface area (Å²) in [5.41, 5.74) is 2.51. The minimum atomic E-state index is 0.211. The van der Waals surface area contributed by atoms with Gasteiger partial charge in [-0.25, -0.2) is 0 Å². The molecule has 1 aromatic rings. The van der Waals surface area contributed by atoms with E-state index in [1.54, 1.807) is 6.92 Å². The highest BCUT2D eigenvalue weighted by molar-refractivity contribution is 5.73. The lowest BCUT2D eigenvalue weighted by Gasteiger charge is -2.44. The molecule has 1 aliphatic carbocycles. The van der Waals surface area contributed by atoms with E-state index in [4.69, 9.17) is 0 Å². The summed E-state index contributed by atoms with van der Waals surface area (Å²) in [5.74, 6) is 0.211. The van der Waals surface area contributed by atoms with Crippen molar-refractivity contribution >= 4 is 5.91 Å². The Morgan fingerprint density at radius 2 is 1.77 bits per heavy atom. The van der Waals surface area contributed by atoms with Crippen molar-refractivity contribution in [3.63, 3.8) is 0 Å². The quantitative estimate of drug-likeness (QED) is 0.851. The van der Waals surface area contributed by atoms with Gasteiger partial charge < -0.3 is 9.80 Å². The predicted octanol–water partition coefficient (Wildman–Crippen LogP) is 3.36. The van der Waals surface area contributed by atoms with Crippen LogP contribution in [0.3, 0.4) is 0 Å². The van der Waals surface area contributed by atoms with Gasteiger partial charge in [-0.2, -0.15) is 0 Å². The zero-order valence-corrected chi connectivity index (χ0v) is 13.9. The summed E-state index contributed by atoms with van der Waals surface area (Å²) in [6.07, 6.45) is 6.41. The summed E-state index contributed by atoms with van der Waals surface area (Å²) < 4.78 is 0. The van der Waals surface area contributed by atoms with Crippen molar-refractivity contribution in [1.29, 1.82) is 0 Å². The van der Waals surface area contributed by atoms with Crippen LogP contribution >= 0.6 is 0 Å². The molecular formula is C19H28N2O. The number of benzene rings is 1. The molecule has 2 fully saturated rings. The third-order valence-electron chi connectivity index (χ3n) is 5.41. The Morgan fingerprint density at radius 3 is 2.27 bits per heavy atom. The van der Waals surface area contributed by atoms with E-state index in [0.29, 0.717) is 6.04 Å². The van der Waals surface area contributed by atoms with Crippen LogP contribution in [0.4, 0.5) is 0 Å². The van der Waals surface area contributed by atoms with Gasteiger partial charge in [-0.15, -0.1) is 0 Å². The summed E-state index contributed by atoms with van der Waals surface area (Å²) in [7, 11) is 0. The number of hydrogen-bond acceptors (Lipinski definition) is 2. The first-order valence-electron chi connectivity index (χ1n) is 8.70. The van der Waals surface area contributed by atoms with Crippen molar-refractivity contribution in [2.24, 2.45) is 0 Å². The van der Waals surface area contributed by atoms with E-state index in [-0.39, 0.29) is 5.91 Å². The number of hydrogen-bond donors (Lipinski definition) is 0. The van der Waals surface area contributed by atoms with E-state index in [9.17, 15) is 4.79 Å². The molecule has 0 N–H and O–H groups in total. The van der Waals surface area contributed by atoms with Gasteiger partial charge in [0.2, 0.25) is 5.91 Å². The molecule has 120 valence electrons. The van der Waals surface area contributed by atoms with Crippen LogP contribution in [0.1, 0.15) is 50.2 Å². The summed E-state index contributed by atoms with van der Waals surface area (Å²) in [4.78, 5) is 16.8. The first-order chi connectivity index (χ1) is 10.6. The Kier molecular flexibility index (Phi) is 4.82. The maximum Gasteiger partial charge on any atom is 0.219 e. The lowest BCUT2D eigenvalue weighted by Crippen LogP contribution is -2.50. The van der Waals surface area contributed by atoms with Gasteiger partial charge in [0.25, 0.3) is 0 Å². The van der Waals surface area contributed by atoms with E-state index < -0.39 is 0 Å². The number of nitrogens with zero attached hydrogens (tertiary/aromatic N) is 2. The average molecular weight is 300 g/mol. The zero-order valence-electron chi connectivity index (χ0n) is 13.9. The summed E-state index contributed by atoms with van der Waals surface area (Å²) in [6.45, 7) is 6.89. The minimum Gasteiger partial charge on any atom is -0.336 e. The van der Waals surface area contributed by atoms with Crippen LogP contribution in [0, 0.1) is 6.92 Å². The molecule has 0 radical (unpaired) electrons. The van der Waals surface area contributed by atoms with Gasteiger partial charge in [-0.05, 0) is 38.2 Å². The molecule has 0 spiro atoms. The molecule has 1 saturated carbocycles. The molecule has 1 heterocycles. The SMILES string of the molecule is CC(=O)N(Cc1ccc(C)cc1)C1CCN(C2CCC2)CC1. The Labute approximate surface area is 134 Å². The molecule has 0 unspecified atom stereocenters. The van der Waals surface area contributed by atoms with Crippen molar-refractivity contribution < 1.29 is 4.79 Å². The monoisotopic (exact) mass is 300 g/mol. The first-order valence-corrected chi connectivity index (χ1v) is 8.70. The summed E-state index contributed by atoms with van der Waals surface area (Å²) in [6, 6.07) is 9.81. The van der Waals surface area contributed by atoms with Crippen LogP contribution in [0.25, 0.3) is 0 Å². The highest BCUT2D eigenvalue weighted by atomic mass is 16.2. The third-order valence-corrected chi connectivity index (χ3v) is 5.41. The minimum absolute atomic E-state index is 0.211. The van der Waals surface area contributed by atoms with Crippen molar-refractivity contribution in [3.05, 3.63) is 35.4 Å². The van der Waals surface area contributed by atoms with Crippen molar-refractivity contribution in [1.82, 2.24) is 9.80 Å². The fraction of sp³-hybridized carbons (Fsp3) is 0.632. The van der Waals surface area contributed by atoms with Gasteiger partial charge in [-0.3, -0.25) is 4.79 Å². The number of aryl methyl sites for hydroxylation is 1. The van der Waals surface area contributed by atoms with Gasteiger partial charge >= 0.3 is 0 Å². The molecular weight excluding hydrogens is 272 g/mol. The van der Waals surface area contributed by atoms with E-state index in [0.717, 1.165) is 38.5 Å². The van der Waals surface area contributed by atoms with Crippen LogP contribution in [0.15, 0.2) is 24.3 Å². The second kappa shape index (κ2) is 6.82. The molecule has 1 aliphatic heterocycles. The standard InChI is InChI=1S/C19H28N2O/c1-15-6-8-17(9-7-15)14-21(16(2)22)19-10-12-20(13-11-19)18-4-3-5-18/h6-9,18-19H,3-5,10-14H2,1-2H3. The summed E-state index contributed by atoms with van der Waals surface area (Å²) >= 11 is 0. The summed E-state index contributed by atoms with van der Waals surface area (Å²) in [5, 5.41) is 0. The third kappa shape index (κ3) is 3.52. The topological polar surface area (TPSA) is 23.6 Å². The predicted molar refractivity (Wildman–Crippen MR) is 89.6 cm³/mol. The molecule has 1 saturated heterocycles. The van der Waals surface area contributed by atoms with Crippen molar-refractivity contribution in [2.75, 3.05) is 13.1 Å². The average Bonchev–Trinajstić information content (AvgIpc) is 2.46. The van der Waals surface area contributed by atoms with Gasteiger partial charge in [0.15, 0.2) is 0 Å². The Bertz CT molecular complexity index is 499. The fourth-order valence-corrected chi connectivity index (χ4v) is 3.70. The smallest absolute Gasteiger partial charge is 0.219 e. The zero-order chi connectivity index (χ0) is 15.5. The largest absolute Gasteiger partial charge is 0.336 e. The maximum atomic E-state index is 12.1. The van der Waals surface area contributed by atoms with Crippen molar-refractivity contribution in [2.45, 2.75) is 64.6 Å². The van der Waals surface area contributed by atoms with Gasteiger partial charge in [0.05, 0.1) is 0 Å². The van der Waals surface area contributed by atoms with Crippen LogP contribution in [0.5, 0.6) is 0 Å². The van der Waals surface area contributed by atoms with Gasteiger partial charge in [0.1, 0.15) is 0 Å². The normalized spacial score (nSPS) is 20.6. The molecule has 1 amide bonds. The lowest BCUT2D eigenvalue weighted by molar-refractivity contribution is -0.133. The molecule has 3 nitrogen and oxygen atoms in total.